The Balaban J connectivity index is 1.53. The molecule has 0 aliphatic heterocycles. The van der Waals surface area contributed by atoms with Crippen LogP contribution in [-0.2, 0) is 17.8 Å². The van der Waals surface area contributed by atoms with E-state index in [2.05, 4.69) is 25.5 Å². The molecule has 9 heteroatoms. The maximum absolute atomic E-state index is 12.3. The van der Waals surface area contributed by atoms with Crippen molar-refractivity contribution in [2.24, 2.45) is 11.7 Å². The summed E-state index contributed by atoms with van der Waals surface area (Å²) in [5.74, 6) is 2.24. The highest BCUT2D eigenvalue weighted by Gasteiger charge is 2.20. The van der Waals surface area contributed by atoms with Crippen LogP contribution in [0.25, 0.3) is 11.5 Å². The second kappa shape index (κ2) is 8.75. The van der Waals surface area contributed by atoms with Crippen LogP contribution in [0.1, 0.15) is 37.4 Å². The minimum absolute atomic E-state index is 0.0676. The summed E-state index contributed by atoms with van der Waals surface area (Å²) in [4.78, 5) is 21.0. The van der Waals surface area contributed by atoms with Gasteiger partial charge in [0.1, 0.15) is 18.2 Å². The fourth-order valence-electron chi connectivity index (χ4n) is 2.69. The number of hydrogen-bond donors (Lipinski definition) is 2. The van der Waals surface area contributed by atoms with Gasteiger partial charge in [-0.1, -0.05) is 37.2 Å². The molecule has 2 heterocycles. The Morgan fingerprint density at radius 1 is 1.25 bits per heavy atom. The van der Waals surface area contributed by atoms with Crippen LogP contribution in [0.15, 0.2) is 34.9 Å². The zero-order valence-electron chi connectivity index (χ0n) is 16.3. The van der Waals surface area contributed by atoms with Gasteiger partial charge in [0.15, 0.2) is 5.82 Å². The maximum Gasteiger partial charge on any atom is 0.257 e. The Bertz CT molecular complexity index is 918. The number of aryl methyl sites for hydroxylation is 1. The molecule has 0 saturated carbocycles. The third-order valence-corrected chi connectivity index (χ3v) is 4.28. The fourth-order valence-corrected chi connectivity index (χ4v) is 2.69. The number of nitrogens with two attached hydrogens (primary N) is 1. The van der Waals surface area contributed by atoms with Crippen molar-refractivity contribution in [3.8, 4) is 11.5 Å². The molecular formula is C19H25N7O2. The molecule has 2 aromatic heterocycles. The van der Waals surface area contributed by atoms with Gasteiger partial charge in [0, 0.05) is 18.5 Å². The summed E-state index contributed by atoms with van der Waals surface area (Å²) in [5, 5.41) is 11.1. The first-order chi connectivity index (χ1) is 13.4. The molecule has 3 rings (SSSR count). The van der Waals surface area contributed by atoms with Crippen LogP contribution in [0.2, 0.25) is 0 Å². The lowest BCUT2D eigenvalue weighted by Crippen LogP contribution is -2.32. The van der Waals surface area contributed by atoms with Gasteiger partial charge in [-0.15, -0.1) is 0 Å². The van der Waals surface area contributed by atoms with Gasteiger partial charge in [-0.05, 0) is 25.0 Å². The van der Waals surface area contributed by atoms with Crippen LogP contribution in [0, 0.1) is 12.8 Å². The van der Waals surface area contributed by atoms with Gasteiger partial charge in [-0.25, -0.2) is 9.67 Å². The molecule has 148 valence electrons. The van der Waals surface area contributed by atoms with E-state index in [0.29, 0.717) is 36.3 Å². The minimum Gasteiger partial charge on any atom is -0.354 e. The number of nitrogens with zero attached hydrogens (tertiary/aromatic N) is 5. The normalized spacial score (nSPS) is 12.3. The second-order valence-corrected chi connectivity index (χ2v) is 6.93. The van der Waals surface area contributed by atoms with Crippen molar-refractivity contribution in [2.75, 3.05) is 6.54 Å². The SMILES string of the molecule is Cc1nc(C(N)C(C)C)n(CC(=O)NCCc2noc(-c3ccccc3)n2)n1. The molecule has 0 radical (unpaired) electrons. The minimum atomic E-state index is -0.273. The molecular weight excluding hydrogens is 358 g/mol. The average molecular weight is 383 g/mol. The van der Waals surface area contributed by atoms with Crippen LogP contribution < -0.4 is 11.1 Å². The van der Waals surface area contributed by atoms with Crippen LogP contribution >= 0.6 is 0 Å². The van der Waals surface area contributed by atoms with Crippen molar-refractivity contribution >= 4 is 5.91 Å². The summed E-state index contributed by atoms with van der Waals surface area (Å²) in [7, 11) is 0. The molecule has 0 aliphatic rings. The predicted molar refractivity (Wildman–Crippen MR) is 103 cm³/mol. The van der Waals surface area contributed by atoms with E-state index in [-0.39, 0.29) is 24.4 Å². The molecule has 9 nitrogen and oxygen atoms in total. The second-order valence-electron chi connectivity index (χ2n) is 6.93. The third kappa shape index (κ3) is 4.80. The number of nitrogens with one attached hydrogen (secondary N) is 1. The van der Waals surface area contributed by atoms with Crippen molar-refractivity contribution < 1.29 is 9.32 Å². The van der Waals surface area contributed by atoms with Gasteiger partial charge in [-0.2, -0.15) is 10.1 Å². The van der Waals surface area contributed by atoms with Gasteiger partial charge in [0.05, 0.1) is 6.04 Å². The number of benzene rings is 1. The Morgan fingerprint density at radius 2 is 2.00 bits per heavy atom. The smallest absolute Gasteiger partial charge is 0.257 e. The Labute approximate surface area is 163 Å². The number of hydrogen-bond acceptors (Lipinski definition) is 7. The lowest BCUT2D eigenvalue weighted by molar-refractivity contribution is -0.121. The lowest BCUT2D eigenvalue weighted by Gasteiger charge is -2.15. The van der Waals surface area contributed by atoms with Gasteiger partial charge in [-0.3, -0.25) is 4.79 Å². The summed E-state index contributed by atoms with van der Waals surface area (Å²) in [6.45, 7) is 6.26. The van der Waals surface area contributed by atoms with Crippen LogP contribution in [0.5, 0.6) is 0 Å². The first-order valence-electron chi connectivity index (χ1n) is 9.25. The van der Waals surface area contributed by atoms with E-state index < -0.39 is 0 Å². The standard InChI is InChI=1S/C19H25N7O2/c1-12(2)17(20)18-22-13(3)24-26(18)11-16(27)21-10-9-15-23-19(28-25-15)14-7-5-4-6-8-14/h4-8,12,17H,9-11,20H2,1-3H3,(H,21,27). The topological polar surface area (TPSA) is 125 Å². The van der Waals surface area contributed by atoms with Gasteiger partial charge in [0.25, 0.3) is 5.89 Å². The Hall–Kier alpha value is -3.07. The van der Waals surface area contributed by atoms with E-state index in [1.807, 2.05) is 44.2 Å². The van der Waals surface area contributed by atoms with Crippen molar-refractivity contribution in [1.82, 2.24) is 30.2 Å². The fraction of sp³-hybridized carbons (Fsp3) is 0.421. The van der Waals surface area contributed by atoms with Crippen molar-refractivity contribution in [1.29, 1.82) is 0 Å². The van der Waals surface area contributed by atoms with Crippen LogP contribution in [0.3, 0.4) is 0 Å². The number of carbonyl (C=O) groups is 1. The number of amides is 1. The average Bonchev–Trinajstić information content (AvgIpc) is 3.28. The molecule has 1 atom stereocenters. The quantitative estimate of drug-likeness (QED) is 0.606. The predicted octanol–water partition coefficient (Wildman–Crippen LogP) is 1.65. The number of carbonyl (C=O) groups excluding carboxylic acids is 1. The van der Waals surface area contributed by atoms with E-state index >= 15 is 0 Å². The highest BCUT2D eigenvalue weighted by molar-refractivity contribution is 5.75. The Morgan fingerprint density at radius 3 is 2.71 bits per heavy atom. The largest absolute Gasteiger partial charge is 0.354 e. The molecule has 1 aromatic carbocycles. The molecule has 28 heavy (non-hydrogen) atoms. The molecule has 0 aliphatic carbocycles. The molecule has 0 bridgehead atoms. The van der Waals surface area contributed by atoms with Gasteiger partial charge >= 0.3 is 0 Å². The molecule has 3 aromatic rings. The maximum atomic E-state index is 12.3. The summed E-state index contributed by atoms with van der Waals surface area (Å²) < 4.78 is 6.83. The lowest BCUT2D eigenvalue weighted by atomic mass is 10.1. The molecule has 1 amide bonds. The zero-order chi connectivity index (χ0) is 20.1. The van der Waals surface area contributed by atoms with Crippen molar-refractivity contribution in [3.05, 3.63) is 47.8 Å². The number of rotatable bonds is 8. The van der Waals surface area contributed by atoms with E-state index in [4.69, 9.17) is 10.3 Å². The van der Waals surface area contributed by atoms with E-state index in [1.165, 1.54) is 0 Å². The van der Waals surface area contributed by atoms with Crippen LogP contribution in [-0.4, -0.2) is 37.4 Å². The summed E-state index contributed by atoms with van der Waals surface area (Å²) >= 11 is 0. The van der Waals surface area contributed by atoms with Gasteiger partial charge < -0.3 is 15.6 Å². The monoisotopic (exact) mass is 383 g/mol. The van der Waals surface area contributed by atoms with Crippen LogP contribution in [0.4, 0.5) is 0 Å². The molecule has 3 N–H and O–H groups in total. The molecule has 0 spiro atoms. The highest BCUT2D eigenvalue weighted by atomic mass is 16.5. The Kier molecular flexibility index (Phi) is 6.15. The molecule has 0 saturated heterocycles. The van der Waals surface area contributed by atoms with E-state index in [0.717, 1.165) is 5.56 Å². The third-order valence-electron chi connectivity index (χ3n) is 4.28. The summed E-state index contributed by atoms with van der Waals surface area (Å²) in [5.41, 5.74) is 7.03. The summed E-state index contributed by atoms with van der Waals surface area (Å²) in [6, 6.07) is 9.27. The number of aromatic nitrogens is 5. The van der Waals surface area contributed by atoms with E-state index in [9.17, 15) is 4.79 Å². The van der Waals surface area contributed by atoms with Gasteiger partial charge in [0.2, 0.25) is 5.91 Å². The highest BCUT2D eigenvalue weighted by Crippen LogP contribution is 2.17. The first kappa shape index (κ1) is 19.7. The molecule has 0 fully saturated rings. The zero-order valence-corrected chi connectivity index (χ0v) is 16.3. The first-order valence-corrected chi connectivity index (χ1v) is 9.25. The molecule has 1 unspecified atom stereocenters. The van der Waals surface area contributed by atoms with E-state index in [1.54, 1.807) is 11.6 Å². The summed E-state index contributed by atoms with van der Waals surface area (Å²) in [6.07, 6.45) is 0.469. The van der Waals surface area contributed by atoms with Crippen molar-refractivity contribution in [2.45, 2.75) is 39.8 Å². The van der Waals surface area contributed by atoms with Crippen molar-refractivity contribution in [3.63, 3.8) is 0 Å².